The second kappa shape index (κ2) is 11.6. The van der Waals surface area contributed by atoms with Crippen LogP contribution in [0.4, 0.5) is 5.69 Å². The number of aliphatic hydroxyl groups is 1. The van der Waals surface area contributed by atoms with Crippen LogP contribution in [-0.4, -0.2) is 56.6 Å². The fourth-order valence-corrected chi connectivity index (χ4v) is 9.59. The predicted molar refractivity (Wildman–Crippen MR) is 172 cm³/mol. The van der Waals surface area contributed by atoms with Crippen LogP contribution in [0.5, 0.6) is 5.75 Å². The molecule has 7 rings (SSSR count). The lowest BCUT2D eigenvalue weighted by molar-refractivity contribution is 0.0455. The molecule has 2 aromatic carbocycles. The van der Waals surface area contributed by atoms with E-state index in [1.54, 1.807) is 18.2 Å². The average molecular weight is 640 g/mol. The lowest BCUT2D eigenvalue weighted by Gasteiger charge is -2.45. The van der Waals surface area contributed by atoms with Gasteiger partial charge in [-0.25, -0.2) is 13.1 Å². The number of carbonyl (C=O) groups is 1. The molecule has 0 radical (unpaired) electrons. The zero-order valence-corrected chi connectivity index (χ0v) is 26.7. The summed E-state index contributed by atoms with van der Waals surface area (Å²) in [6, 6.07) is 11.6. The first-order chi connectivity index (χ1) is 21.1. The van der Waals surface area contributed by atoms with Crippen molar-refractivity contribution < 1.29 is 23.1 Å². The minimum atomic E-state index is -4.04. The Balaban J connectivity index is 1.28. The van der Waals surface area contributed by atoms with Crippen molar-refractivity contribution in [2.24, 2.45) is 17.8 Å². The molecule has 10 heteroatoms. The van der Waals surface area contributed by atoms with Crippen LogP contribution in [0.15, 0.2) is 48.6 Å². The number of sulfonamides is 1. The fourth-order valence-electron chi connectivity index (χ4n) is 7.80. The summed E-state index contributed by atoms with van der Waals surface area (Å²) in [6.07, 6.45) is 10.4. The molecule has 1 amide bonds. The summed E-state index contributed by atoms with van der Waals surface area (Å²) in [5.41, 5.74) is 3.32. The van der Waals surface area contributed by atoms with Gasteiger partial charge in [0, 0.05) is 35.1 Å². The van der Waals surface area contributed by atoms with Crippen molar-refractivity contribution in [3.05, 3.63) is 70.3 Å². The first-order valence-electron chi connectivity index (χ1n) is 16.1. The highest BCUT2D eigenvalue weighted by Crippen LogP contribution is 2.46. The topological polar surface area (TPSA) is 108 Å². The van der Waals surface area contributed by atoms with Crippen molar-refractivity contribution in [1.29, 1.82) is 0 Å². The standard InChI is InChI=1S/C34H42ClN3O5S/c1-21-4-2-6-30(39)27-12-7-24(27)18-38-19-34(15-3-5-22-16-25(35)9-13-28(22)34)20-43-31-14-8-23(17-29(31)38)32(40)37-44(41,42)33(21)36-26-10-11-26/h2,6,8-9,13-14,16-17,21,24,26-27,30,33,36,39H,3-5,7,10-12,15,18-20H2,1H3,(H,37,40)/b6-2+/t21-,24+,27-,30+,33-,34+/m1/s1. The number of carbonyl (C=O) groups excluding carboxylic acids is 1. The third-order valence-electron chi connectivity index (χ3n) is 10.6. The SMILES string of the molecule is C[C@@H]1C/C=C/[C@H](O)[C@@H]2CC[C@H]2CN2C[C@@]3(CCCc4cc(Cl)ccc43)COc3ccc(cc32)C(=O)NS(=O)(=O)[C@H]1NC1CC1. The summed E-state index contributed by atoms with van der Waals surface area (Å²) < 4.78 is 36.2. The summed E-state index contributed by atoms with van der Waals surface area (Å²) in [7, 11) is -4.04. The Morgan fingerprint density at radius 2 is 1.98 bits per heavy atom. The minimum Gasteiger partial charge on any atom is -0.490 e. The highest BCUT2D eigenvalue weighted by molar-refractivity contribution is 7.90. The number of aryl methyl sites for hydroxylation is 1. The van der Waals surface area contributed by atoms with Crippen LogP contribution >= 0.6 is 11.6 Å². The van der Waals surface area contributed by atoms with Crippen molar-refractivity contribution in [2.45, 2.75) is 81.2 Å². The summed E-state index contributed by atoms with van der Waals surface area (Å²) in [5, 5.41) is 14.3. The molecule has 0 saturated heterocycles. The molecule has 6 atom stereocenters. The Morgan fingerprint density at radius 1 is 1.14 bits per heavy atom. The molecular formula is C34H42ClN3O5S. The zero-order valence-electron chi connectivity index (χ0n) is 25.2. The van der Waals surface area contributed by atoms with E-state index in [0.717, 1.165) is 55.7 Å². The van der Waals surface area contributed by atoms with Gasteiger partial charge in [0.25, 0.3) is 15.9 Å². The van der Waals surface area contributed by atoms with Crippen molar-refractivity contribution >= 4 is 33.2 Å². The van der Waals surface area contributed by atoms with Gasteiger partial charge in [-0.15, -0.1) is 0 Å². The largest absolute Gasteiger partial charge is 0.490 e. The molecule has 8 nitrogen and oxygen atoms in total. The maximum absolute atomic E-state index is 13.6. The molecule has 2 aliphatic heterocycles. The van der Waals surface area contributed by atoms with Crippen LogP contribution in [-0.2, 0) is 21.9 Å². The molecule has 2 saturated carbocycles. The summed E-state index contributed by atoms with van der Waals surface area (Å²) in [4.78, 5) is 15.9. The van der Waals surface area contributed by atoms with E-state index >= 15 is 0 Å². The lowest BCUT2D eigenvalue weighted by Crippen LogP contribution is -2.50. The van der Waals surface area contributed by atoms with Gasteiger partial charge in [-0.1, -0.05) is 36.7 Å². The second-order valence-electron chi connectivity index (χ2n) is 13.8. The first-order valence-corrected chi connectivity index (χ1v) is 18.0. The number of aliphatic hydroxyl groups excluding tert-OH is 1. The molecule has 2 heterocycles. The van der Waals surface area contributed by atoms with Crippen molar-refractivity contribution in [1.82, 2.24) is 10.0 Å². The van der Waals surface area contributed by atoms with E-state index in [2.05, 4.69) is 27.1 Å². The summed E-state index contributed by atoms with van der Waals surface area (Å²) in [6.45, 7) is 3.78. The van der Waals surface area contributed by atoms with Gasteiger partial charge in [0.05, 0.1) is 18.4 Å². The van der Waals surface area contributed by atoms with Crippen LogP contribution in [0.25, 0.3) is 0 Å². The highest BCUT2D eigenvalue weighted by Gasteiger charge is 2.44. The van der Waals surface area contributed by atoms with Gasteiger partial charge in [0.2, 0.25) is 0 Å². The second-order valence-corrected chi connectivity index (χ2v) is 16.0. The van der Waals surface area contributed by atoms with E-state index in [-0.39, 0.29) is 34.8 Å². The number of amides is 1. The Morgan fingerprint density at radius 3 is 2.75 bits per heavy atom. The van der Waals surface area contributed by atoms with Gasteiger partial charge in [-0.05, 0) is 111 Å². The summed E-state index contributed by atoms with van der Waals surface area (Å²) >= 11 is 6.40. The molecule has 5 aliphatic rings. The normalized spacial score (nSPS) is 34.0. The Hall–Kier alpha value is -2.59. The molecule has 1 spiro atoms. The molecule has 3 aliphatic carbocycles. The van der Waals surface area contributed by atoms with E-state index in [4.69, 9.17) is 16.3 Å². The number of halogens is 1. The number of fused-ring (bicyclic) bond motifs is 4. The van der Waals surface area contributed by atoms with Gasteiger partial charge in [-0.3, -0.25) is 10.1 Å². The van der Waals surface area contributed by atoms with E-state index in [1.165, 1.54) is 11.1 Å². The first kappa shape index (κ1) is 30.1. The summed E-state index contributed by atoms with van der Waals surface area (Å²) in [5.74, 6) is 0.139. The fraction of sp³-hybridized carbons (Fsp3) is 0.559. The van der Waals surface area contributed by atoms with Gasteiger partial charge in [-0.2, -0.15) is 0 Å². The monoisotopic (exact) mass is 639 g/mol. The van der Waals surface area contributed by atoms with Gasteiger partial charge in [0.1, 0.15) is 11.1 Å². The van der Waals surface area contributed by atoms with Crippen molar-refractivity contribution in [2.75, 3.05) is 24.6 Å². The number of allylic oxidation sites excluding steroid dienone is 1. The third kappa shape index (κ3) is 5.77. The number of ether oxygens (including phenoxy) is 1. The van der Waals surface area contributed by atoms with Gasteiger partial charge < -0.3 is 14.7 Å². The van der Waals surface area contributed by atoms with E-state index in [9.17, 15) is 18.3 Å². The van der Waals surface area contributed by atoms with Crippen LogP contribution < -0.4 is 19.7 Å². The zero-order chi connectivity index (χ0) is 30.6. The van der Waals surface area contributed by atoms with E-state index < -0.39 is 27.4 Å². The molecule has 2 bridgehead atoms. The number of hydrogen-bond acceptors (Lipinski definition) is 7. The molecule has 236 valence electrons. The average Bonchev–Trinajstić information content (AvgIpc) is 3.81. The van der Waals surface area contributed by atoms with Crippen LogP contribution in [0.2, 0.25) is 5.02 Å². The number of nitrogens with zero attached hydrogens (tertiary/aromatic N) is 1. The maximum atomic E-state index is 13.6. The van der Waals surface area contributed by atoms with Crippen LogP contribution in [0, 0.1) is 17.8 Å². The third-order valence-corrected chi connectivity index (χ3v) is 12.5. The smallest absolute Gasteiger partial charge is 0.264 e. The molecule has 0 aromatic heterocycles. The Bertz CT molecular complexity index is 1580. The number of nitrogens with one attached hydrogen (secondary N) is 2. The minimum absolute atomic E-state index is 0.117. The van der Waals surface area contributed by atoms with Crippen LogP contribution in [0.3, 0.4) is 0 Å². The van der Waals surface area contributed by atoms with Crippen molar-refractivity contribution in [3.8, 4) is 5.75 Å². The Labute approximate surface area is 265 Å². The van der Waals surface area contributed by atoms with Gasteiger partial charge >= 0.3 is 0 Å². The van der Waals surface area contributed by atoms with E-state index in [0.29, 0.717) is 31.9 Å². The van der Waals surface area contributed by atoms with E-state index in [1.807, 2.05) is 25.1 Å². The lowest BCUT2D eigenvalue weighted by atomic mass is 9.68. The number of rotatable bonds is 2. The molecule has 44 heavy (non-hydrogen) atoms. The highest BCUT2D eigenvalue weighted by atomic mass is 35.5. The quantitative estimate of drug-likeness (QED) is 0.400. The molecular weight excluding hydrogens is 598 g/mol. The number of anilines is 1. The molecule has 2 fully saturated rings. The predicted octanol–water partition coefficient (Wildman–Crippen LogP) is 4.93. The molecule has 2 aromatic rings. The molecule has 3 N–H and O–H groups in total. The van der Waals surface area contributed by atoms with Crippen LogP contribution in [0.1, 0.15) is 73.4 Å². The maximum Gasteiger partial charge on any atom is 0.264 e. The van der Waals surface area contributed by atoms with Gasteiger partial charge in [0.15, 0.2) is 0 Å². The van der Waals surface area contributed by atoms with Crippen molar-refractivity contribution in [3.63, 3.8) is 0 Å². The number of benzene rings is 2. The Kier molecular flexibility index (Phi) is 7.96. The molecule has 0 unspecified atom stereocenters. The number of hydrogen-bond donors (Lipinski definition) is 3.